The first-order chi connectivity index (χ1) is 13.8. The second kappa shape index (κ2) is 8.85. The molecule has 1 N–H and O–H groups in total. The van der Waals surface area contributed by atoms with E-state index in [1.165, 1.54) is 27.0 Å². The number of ether oxygens (including phenoxy) is 1. The van der Waals surface area contributed by atoms with Gasteiger partial charge in [0.05, 0.1) is 13.2 Å². The summed E-state index contributed by atoms with van der Waals surface area (Å²) >= 11 is 0. The number of hydrogen-bond acceptors (Lipinski definition) is 3. The van der Waals surface area contributed by atoms with Crippen LogP contribution >= 0.6 is 0 Å². The van der Waals surface area contributed by atoms with Crippen molar-refractivity contribution in [3.05, 3.63) is 65.0 Å². The number of alkyl halides is 3. The summed E-state index contributed by atoms with van der Waals surface area (Å²) in [5, 5.41) is 2.72. The molecule has 0 aliphatic rings. The molecule has 0 aliphatic heterocycles. The minimum absolute atomic E-state index is 0.115. The molecule has 2 rings (SSSR count). The molecular weight excluding hydrogens is 402 g/mol. The third kappa shape index (κ3) is 5.58. The molecular formula is C22H23F4NO3. The van der Waals surface area contributed by atoms with Crippen molar-refractivity contribution >= 4 is 11.7 Å². The van der Waals surface area contributed by atoms with Crippen molar-refractivity contribution in [1.29, 1.82) is 0 Å². The van der Waals surface area contributed by atoms with Gasteiger partial charge in [-0.2, -0.15) is 13.2 Å². The second-order valence-corrected chi connectivity index (χ2v) is 7.64. The van der Waals surface area contributed by atoms with Crippen molar-refractivity contribution in [2.75, 3.05) is 7.11 Å². The number of hydrogen-bond donors (Lipinski definition) is 1. The molecule has 8 heteroatoms. The van der Waals surface area contributed by atoms with Crippen molar-refractivity contribution in [2.45, 2.75) is 44.8 Å². The fourth-order valence-electron chi connectivity index (χ4n) is 3.14. The average molecular weight is 425 g/mol. The first-order valence-electron chi connectivity index (χ1n) is 9.20. The van der Waals surface area contributed by atoms with Crippen LogP contribution < -0.4 is 10.1 Å². The Hall–Kier alpha value is -2.90. The first kappa shape index (κ1) is 23.4. The summed E-state index contributed by atoms with van der Waals surface area (Å²) in [5.74, 6) is -2.63. The summed E-state index contributed by atoms with van der Waals surface area (Å²) in [7, 11) is 1.52. The van der Waals surface area contributed by atoms with Crippen LogP contribution in [0.4, 0.5) is 17.6 Å². The van der Waals surface area contributed by atoms with E-state index in [0.29, 0.717) is 5.75 Å². The number of carbonyl (C=O) groups excluding carboxylic acids is 2. The lowest BCUT2D eigenvalue weighted by Gasteiger charge is -2.28. The van der Waals surface area contributed by atoms with Crippen LogP contribution in [0.15, 0.2) is 42.5 Å². The van der Waals surface area contributed by atoms with Gasteiger partial charge in [-0.3, -0.25) is 9.59 Å². The number of ketones is 1. The van der Waals surface area contributed by atoms with E-state index in [1.54, 1.807) is 31.2 Å². The minimum atomic E-state index is -4.98. The molecule has 0 heterocycles. The lowest BCUT2D eigenvalue weighted by atomic mass is 9.77. The van der Waals surface area contributed by atoms with E-state index in [-0.39, 0.29) is 11.1 Å². The summed E-state index contributed by atoms with van der Waals surface area (Å²) in [4.78, 5) is 24.4. The van der Waals surface area contributed by atoms with Gasteiger partial charge in [0.2, 0.25) is 5.78 Å². The highest BCUT2D eigenvalue weighted by Crippen LogP contribution is 2.34. The normalized spacial score (nSPS) is 12.9. The lowest BCUT2D eigenvalue weighted by molar-refractivity contribution is -0.172. The minimum Gasteiger partial charge on any atom is -0.497 e. The molecule has 2 aromatic carbocycles. The predicted molar refractivity (Wildman–Crippen MR) is 104 cm³/mol. The van der Waals surface area contributed by atoms with Gasteiger partial charge < -0.3 is 10.1 Å². The highest BCUT2D eigenvalue weighted by molar-refractivity contribution is 5.96. The number of nitrogens with one attached hydrogen (secondary N) is 1. The number of Topliss-reactive ketones (excluding diaryl/α,β-unsaturated/α-hetero) is 1. The second-order valence-electron chi connectivity index (χ2n) is 7.64. The van der Waals surface area contributed by atoms with Gasteiger partial charge in [-0.05, 0) is 47.7 Å². The Morgan fingerprint density at radius 3 is 2.20 bits per heavy atom. The van der Waals surface area contributed by atoms with Gasteiger partial charge in [0, 0.05) is 12.0 Å². The summed E-state index contributed by atoms with van der Waals surface area (Å²) in [6.07, 6.45) is -5.85. The first-order valence-corrected chi connectivity index (χ1v) is 9.20. The Balaban J connectivity index is 2.30. The number of rotatable bonds is 7. The molecule has 0 saturated heterocycles. The molecule has 0 aliphatic carbocycles. The number of carbonyl (C=O) groups is 2. The largest absolute Gasteiger partial charge is 0.497 e. The van der Waals surface area contributed by atoms with Crippen LogP contribution in [-0.4, -0.2) is 25.0 Å². The summed E-state index contributed by atoms with van der Waals surface area (Å²) < 4.78 is 57.1. The highest BCUT2D eigenvalue weighted by atomic mass is 19.4. The molecule has 0 radical (unpaired) electrons. The van der Waals surface area contributed by atoms with Crippen molar-refractivity contribution in [3.8, 4) is 5.75 Å². The van der Waals surface area contributed by atoms with Gasteiger partial charge in [-0.1, -0.05) is 32.0 Å². The van der Waals surface area contributed by atoms with Crippen LogP contribution in [0, 0.1) is 5.82 Å². The van der Waals surface area contributed by atoms with Gasteiger partial charge in [0.15, 0.2) is 0 Å². The zero-order valence-electron chi connectivity index (χ0n) is 17.1. The number of amides is 1. The van der Waals surface area contributed by atoms with E-state index < -0.39 is 41.6 Å². The summed E-state index contributed by atoms with van der Waals surface area (Å²) in [6.45, 7) is 4.54. The molecule has 0 unspecified atom stereocenters. The Labute approximate surface area is 172 Å². The van der Waals surface area contributed by atoms with Crippen molar-refractivity contribution in [3.63, 3.8) is 0 Å². The van der Waals surface area contributed by atoms with Crippen molar-refractivity contribution in [2.24, 2.45) is 0 Å². The third-order valence-electron chi connectivity index (χ3n) is 4.84. The molecule has 2 aromatic rings. The van der Waals surface area contributed by atoms with Crippen LogP contribution in [0.1, 0.15) is 54.7 Å². The topological polar surface area (TPSA) is 55.4 Å². The molecule has 30 heavy (non-hydrogen) atoms. The van der Waals surface area contributed by atoms with E-state index >= 15 is 0 Å². The monoisotopic (exact) mass is 425 g/mol. The van der Waals surface area contributed by atoms with Gasteiger partial charge in [0.25, 0.3) is 5.91 Å². The molecule has 4 nitrogen and oxygen atoms in total. The van der Waals surface area contributed by atoms with E-state index in [1.807, 2.05) is 0 Å². The fourth-order valence-corrected chi connectivity index (χ4v) is 3.14. The maximum atomic E-state index is 13.9. The molecule has 0 saturated carbocycles. The Bertz CT molecular complexity index is 921. The summed E-state index contributed by atoms with van der Waals surface area (Å²) in [5.41, 5.74) is -0.541. The number of halogens is 4. The fraction of sp³-hybridized carbons (Fsp3) is 0.364. The molecule has 0 fully saturated rings. The zero-order valence-corrected chi connectivity index (χ0v) is 17.1. The Morgan fingerprint density at radius 2 is 1.67 bits per heavy atom. The number of methoxy groups -OCH3 is 1. The maximum Gasteiger partial charge on any atom is 0.450 e. The van der Waals surface area contributed by atoms with Crippen LogP contribution in [0.2, 0.25) is 0 Å². The van der Waals surface area contributed by atoms with Crippen LogP contribution in [0.3, 0.4) is 0 Å². The standard InChI is InChI=1S/C22H23F4NO3/c1-13(14-5-8-16(30-4)9-6-14)27-20(29)17-11-15(23)7-10-18(17)21(2,3)12-19(28)22(24,25)26/h5-11,13H,12H2,1-4H3,(H,27,29)/t13-/m0/s1. The van der Waals surface area contributed by atoms with Gasteiger partial charge >= 0.3 is 6.18 Å². The van der Waals surface area contributed by atoms with Crippen LogP contribution in [0.25, 0.3) is 0 Å². The number of benzene rings is 2. The quantitative estimate of drug-likeness (QED) is 0.626. The molecule has 1 amide bonds. The van der Waals surface area contributed by atoms with Crippen molar-refractivity contribution in [1.82, 2.24) is 5.32 Å². The molecule has 1 atom stereocenters. The lowest BCUT2D eigenvalue weighted by Crippen LogP contribution is -2.34. The smallest absolute Gasteiger partial charge is 0.450 e. The van der Waals surface area contributed by atoms with Crippen molar-refractivity contribution < 1.29 is 31.9 Å². The van der Waals surface area contributed by atoms with Gasteiger partial charge in [-0.15, -0.1) is 0 Å². The summed E-state index contributed by atoms with van der Waals surface area (Å²) in [6, 6.07) is 9.74. The highest BCUT2D eigenvalue weighted by Gasteiger charge is 2.42. The third-order valence-corrected chi connectivity index (χ3v) is 4.84. The SMILES string of the molecule is COc1ccc([C@H](C)NC(=O)c2cc(F)ccc2C(C)(C)CC(=O)C(F)(F)F)cc1. The van der Waals surface area contributed by atoms with E-state index in [4.69, 9.17) is 4.74 Å². The van der Waals surface area contributed by atoms with Crippen LogP contribution in [0.5, 0.6) is 5.75 Å². The molecule has 162 valence electrons. The molecule has 0 bridgehead atoms. The van der Waals surface area contributed by atoms with E-state index in [2.05, 4.69) is 5.32 Å². The van der Waals surface area contributed by atoms with E-state index in [0.717, 1.165) is 17.7 Å². The van der Waals surface area contributed by atoms with E-state index in [9.17, 15) is 27.2 Å². The average Bonchev–Trinajstić information content (AvgIpc) is 2.66. The Morgan fingerprint density at radius 1 is 1.07 bits per heavy atom. The zero-order chi connectivity index (χ0) is 22.7. The van der Waals surface area contributed by atoms with Gasteiger partial charge in [-0.25, -0.2) is 4.39 Å². The molecule has 0 aromatic heterocycles. The van der Waals surface area contributed by atoms with Gasteiger partial charge in [0.1, 0.15) is 11.6 Å². The van der Waals surface area contributed by atoms with Crippen LogP contribution in [-0.2, 0) is 10.2 Å². The predicted octanol–water partition coefficient (Wildman–Crippen LogP) is 5.12. The maximum absolute atomic E-state index is 13.9. The molecule has 0 spiro atoms. The Kier molecular flexibility index (Phi) is 6.90.